The Balaban J connectivity index is 2.76. The van der Waals surface area contributed by atoms with E-state index in [0.29, 0.717) is 0 Å². The number of hydrogen-bond acceptors (Lipinski definition) is 3. The lowest BCUT2D eigenvalue weighted by atomic mass is 10.1. The van der Waals surface area contributed by atoms with Crippen LogP contribution in [0.4, 0.5) is 0 Å². The van der Waals surface area contributed by atoms with E-state index < -0.39 is 0 Å². The lowest BCUT2D eigenvalue weighted by molar-refractivity contribution is -0.142. The molecule has 0 aliphatic carbocycles. The van der Waals surface area contributed by atoms with Gasteiger partial charge in [-0.25, -0.2) is 0 Å². The first-order chi connectivity index (χ1) is 5.57. The van der Waals surface area contributed by atoms with Crippen molar-refractivity contribution >= 4 is 11.8 Å². The van der Waals surface area contributed by atoms with Crippen molar-refractivity contribution in [3.05, 3.63) is 0 Å². The summed E-state index contributed by atoms with van der Waals surface area (Å²) in [4.78, 5) is 23.7. The highest BCUT2D eigenvalue weighted by molar-refractivity contribution is 6.03. The van der Waals surface area contributed by atoms with Crippen LogP contribution in [0.5, 0.6) is 0 Å². The van der Waals surface area contributed by atoms with E-state index in [1.807, 2.05) is 0 Å². The minimum Gasteiger partial charge on any atom is -0.394 e. The summed E-state index contributed by atoms with van der Waals surface area (Å²) in [5.41, 5.74) is 0. The first-order valence-corrected chi connectivity index (χ1v) is 4.04. The van der Waals surface area contributed by atoms with Gasteiger partial charge in [0.25, 0.3) is 0 Å². The first kappa shape index (κ1) is 9.19. The highest BCUT2D eigenvalue weighted by Crippen LogP contribution is 2.20. The van der Waals surface area contributed by atoms with Gasteiger partial charge in [-0.15, -0.1) is 0 Å². The summed E-state index contributed by atoms with van der Waals surface area (Å²) in [6.45, 7) is 3.22. The van der Waals surface area contributed by atoms with Crippen molar-refractivity contribution in [1.29, 1.82) is 0 Å². The number of imide groups is 1. The Morgan fingerprint density at radius 3 is 2.58 bits per heavy atom. The Hall–Kier alpha value is -0.900. The molecule has 0 aromatic rings. The van der Waals surface area contributed by atoms with Gasteiger partial charge in [-0.05, 0) is 6.92 Å². The average molecular weight is 171 g/mol. The van der Waals surface area contributed by atoms with Gasteiger partial charge in [0, 0.05) is 12.3 Å². The highest BCUT2D eigenvalue weighted by atomic mass is 16.3. The SMILES string of the molecule is C[C@@H]1CC(=O)N([C@H](C)CO)C1=O. The minimum absolute atomic E-state index is 0.163. The summed E-state index contributed by atoms with van der Waals surface area (Å²) in [5, 5.41) is 8.77. The van der Waals surface area contributed by atoms with Crippen molar-refractivity contribution in [2.45, 2.75) is 26.3 Å². The molecule has 0 aromatic carbocycles. The fourth-order valence-corrected chi connectivity index (χ4v) is 1.35. The second-order valence-electron chi connectivity index (χ2n) is 3.24. The largest absolute Gasteiger partial charge is 0.394 e. The van der Waals surface area contributed by atoms with Gasteiger partial charge in [0.05, 0.1) is 12.6 Å². The third kappa shape index (κ3) is 1.34. The van der Waals surface area contributed by atoms with Crippen LogP contribution in [0.3, 0.4) is 0 Å². The molecule has 1 heterocycles. The first-order valence-electron chi connectivity index (χ1n) is 4.04. The average Bonchev–Trinajstić information content (AvgIpc) is 2.26. The number of aliphatic hydroxyl groups excluding tert-OH is 1. The number of carbonyl (C=O) groups is 2. The van der Waals surface area contributed by atoms with Gasteiger partial charge < -0.3 is 5.11 Å². The van der Waals surface area contributed by atoms with E-state index in [0.717, 1.165) is 4.90 Å². The molecule has 2 amide bonds. The van der Waals surface area contributed by atoms with Crippen LogP contribution in [0.2, 0.25) is 0 Å². The van der Waals surface area contributed by atoms with Crippen LogP contribution in [-0.4, -0.2) is 34.5 Å². The molecule has 0 saturated carbocycles. The van der Waals surface area contributed by atoms with Crippen molar-refractivity contribution < 1.29 is 14.7 Å². The maximum atomic E-state index is 11.3. The number of amides is 2. The molecule has 12 heavy (non-hydrogen) atoms. The molecular weight excluding hydrogens is 158 g/mol. The predicted molar refractivity (Wildman–Crippen MR) is 42.2 cm³/mol. The van der Waals surface area contributed by atoms with Crippen LogP contribution >= 0.6 is 0 Å². The smallest absolute Gasteiger partial charge is 0.232 e. The quantitative estimate of drug-likeness (QED) is 0.583. The molecule has 4 nitrogen and oxygen atoms in total. The van der Waals surface area contributed by atoms with Gasteiger partial charge in [0.2, 0.25) is 11.8 Å². The van der Waals surface area contributed by atoms with Crippen LogP contribution in [-0.2, 0) is 9.59 Å². The molecule has 4 heteroatoms. The molecular formula is C8H13NO3. The molecule has 0 unspecified atom stereocenters. The summed E-state index contributed by atoms with van der Waals surface area (Å²) < 4.78 is 0. The Morgan fingerprint density at radius 1 is 1.67 bits per heavy atom. The molecule has 1 fully saturated rings. The highest BCUT2D eigenvalue weighted by Gasteiger charge is 2.37. The van der Waals surface area contributed by atoms with Gasteiger partial charge in [-0.2, -0.15) is 0 Å². The molecule has 0 radical (unpaired) electrons. The summed E-state index contributed by atoms with van der Waals surface area (Å²) >= 11 is 0. The fraction of sp³-hybridized carbons (Fsp3) is 0.750. The lowest BCUT2D eigenvalue weighted by Gasteiger charge is -2.20. The van der Waals surface area contributed by atoms with Gasteiger partial charge in [0.15, 0.2) is 0 Å². The Morgan fingerprint density at radius 2 is 2.25 bits per heavy atom. The molecule has 1 N–H and O–H groups in total. The number of rotatable bonds is 2. The Bertz CT molecular complexity index is 214. The van der Waals surface area contributed by atoms with Gasteiger partial charge >= 0.3 is 0 Å². The van der Waals surface area contributed by atoms with E-state index in [4.69, 9.17) is 5.11 Å². The number of hydrogen-bond donors (Lipinski definition) is 1. The van der Waals surface area contributed by atoms with Crippen molar-refractivity contribution in [2.75, 3.05) is 6.61 Å². The topological polar surface area (TPSA) is 57.6 Å². The Labute approximate surface area is 71.2 Å². The minimum atomic E-state index is -0.380. The van der Waals surface area contributed by atoms with Crippen LogP contribution in [0.15, 0.2) is 0 Å². The zero-order valence-corrected chi connectivity index (χ0v) is 7.28. The normalized spacial score (nSPS) is 26.6. The summed E-state index contributed by atoms with van der Waals surface area (Å²) in [6.07, 6.45) is 0.281. The van der Waals surface area contributed by atoms with Crippen molar-refractivity contribution in [1.82, 2.24) is 4.90 Å². The standard InChI is InChI=1S/C8H13NO3/c1-5-3-7(11)9(8(5)12)6(2)4-10/h5-6,10H,3-4H2,1-2H3/t5-,6-/m1/s1. The van der Waals surface area contributed by atoms with Crippen molar-refractivity contribution in [3.63, 3.8) is 0 Å². The molecule has 0 spiro atoms. The molecule has 1 rings (SSSR count). The van der Waals surface area contributed by atoms with E-state index in [2.05, 4.69) is 0 Å². The maximum Gasteiger partial charge on any atom is 0.232 e. The van der Waals surface area contributed by atoms with E-state index in [-0.39, 0.29) is 36.8 Å². The zero-order chi connectivity index (χ0) is 9.30. The van der Waals surface area contributed by atoms with Crippen LogP contribution in [0, 0.1) is 5.92 Å². The maximum absolute atomic E-state index is 11.3. The van der Waals surface area contributed by atoms with Gasteiger partial charge in [-0.3, -0.25) is 14.5 Å². The van der Waals surface area contributed by atoms with E-state index >= 15 is 0 Å². The summed E-state index contributed by atoms with van der Waals surface area (Å²) in [5.74, 6) is -0.554. The van der Waals surface area contributed by atoms with Crippen LogP contribution in [0.1, 0.15) is 20.3 Å². The fourth-order valence-electron chi connectivity index (χ4n) is 1.35. The van der Waals surface area contributed by atoms with Gasteiger partial charge in [0.1, 0.15) is 0 Å². The number of carbonyl (C=O) groups excluding carboxylic acids is 2. The lowest BCUT2D eigenvalue weighted by Crippen LogP contribution is -2.40. The van der Waals surface area contributed by atoms with E-state index in [9.17, 15) is 9.59 Å². The molecule has 68 valence electrons. The Kier molecular flexibility index (Phi) is 2.47. The summed E-state index contributed by atoms with van der Waals surface area (Å²) in [6, 6.07) is -0.380. The molecule has 1 aliphatic rings. The molecule has 2 atom stereocenters. The second-order valence-corrected chi connectivity index (χ2v) is 3.24. The van der Waals surface area contributed by atoms with Crippen molar-refractivity contribution in [2.24, 2.45) is 5.92 Å². The molecule has 1 aliphatic heterocycles. The van der Waals surface area contributed by atoms with Crippen LogP contribution in [0.25, 0.3) is 0 Å². The van der Waals surface area contributed by atoms with Crippen molar-refractivity contribution in [3.8, 4) is 0 Å². The molecule has 0 aromatic heterocycles. The summed E-state index contributed by atoms with van der Waals surface area (Å²) in [7, 11) is 0. The monoisotopic (exact) mass is 171 g/mol. The van der Waals surface area contributed by atoms with Gasteiger partial charge in [-0.1, -0.05) is 6.92 Å². The van der Waals surface area contributed by atoms with E-state index in [1.54, 1.807) is 13.8 Å². The third-order valence-electron chi connectivity index (χ3n) is 2.11. The number of nitrogens with zero attached hydrogens (tertiary/aromatic N) is 1. The number of likely N-dealkylation sites (tertiary alicyclic amines) is 1. The van der Waals surface area contributed by atoms with E-state index in [1.165, 1.54) is 0 Å². The second kappa shape index (κ2) is 3.23. The number of aliphatic hydroxyl groups is 1. The zero-order valence-electron chi connectivity index (χ0n) is 7.28. The van der Waals surface area contributed by atoms with Crippen LogP contribution < -0.4 is 0 Å². The molecule has 1 saturated heterocycles. The third-order valence-corrected chi connectivity index (χ3v) is 2.11. The molecule has 0 bridgehead atoms. The predicted octanol–water partition coefficient (Wildman–Crippen LogP) is -0.238.